The molecule has 0 spiro atoms. The number of nitrogens with one attached hydrogen (secondary N) is 2. The van der Waals surface area contributed by atoms with Gasteiger partial charge >= 0.3 is 0 Å². The summed E-state index contributed by atoms with van der Waals surface area (Å²) >= 11 is 0. The van der Waals surface area contributed by atoms with E-state index in [0.717, 1.165) is 11.6 Å². The van der Waals surface area contributed by atoms with Crippen LogP contribution in [0.1, 0.15) is 39.2 Å². The molecule has 0 aliphatic carbocycles. The van der Waals surface area contributed by atoms with Crippen LogP contribution in [0.5, 0.6) is 0 Å². The van der Waals surface area contributed by atoms with Crippen molar-refractivity contribution in [2.45, 2.75) is 44.6 Å². The molecule has 0 saturated carbocycles. The van der Waals surface area contributed by atoms with E-state index in [1.807, 2.05) is 24.3 Å². The van der Waals surface area contributed by atoms with Gasteiger partial charge in [0.05, 0.1) is 9.82 Å². The van der Waals surface area contributed by atoms with Gasteiger partial charge in [0.25, 0.3) is 5.69 Å². The Morgan fingerprint density at radius 3 is 2.12 bits per heavy atom. The summed E-state index contributed by atoms with van der Waals surface area (Å²) in [5.41, 5.74) is 1.78. The molecule has 0 unspecified atom stereocenters. The molecule has 26 heavy (non-hydrogen) atoms. The largest absolute Gasteiger partial charge is 0.350 e. The Morgan fingerprint density at radius 2 is 1.62 bits per heavy atom. The Balaban J connectivity index is 2.36. The van der Waals surface area contributed by atoms with Crippen molar-refractivity contribution in [3.8, 4) is 0 Å². The van der Waals surface area contributed by atoms with Crippen molar-refractivity contribution in [3.63, 3.8) is 0 Å². The quantitative estimate of drug-likeness (QED) is 0.557. The predicted molar refractivity (Wildman–Crippen MR) is 102 cm³/mol. The van der Waals surface area contributed by atoms with Crippen LogP contribution in [0, 0.1) is 10.1 Å². The molecule has 0 heterocycles. The molecular weight excluding hydrogens is 354 g/mol. The van der Waals surface area contributed by atoms with Gasteiger partial charge in [0.15, 0.2) is 0 Å². The number of rotatable bonds is 7. The van der Waals surface area contributed by atoms with Crippen LogP contribution in [0.3, 0.4) is 0 Å². The molecule has 0 bridgehead atoms. The van der Waals surface area contributed by atoms with Gasteiger partial charge in [0.1, 0.15) is 5.69 Å². The van der Waals surface area contributed by atoms with Crippen LogP contribution in [0.25, 0.3) is 0 Å². The maximum atomic E-state index is 12.2. The first-order valence-electron chi connectivity index (χ1n) is 8.28. The Hall–Kier alpha value is -2.45. The SMILES string of the molecule is CC(C)NS(=O)(=O)c1ccc(Nc2ccc(C(C)C)cc2)c([N+](=O)[O-])c1. The summed E-state index contributed by atoms with van der Waals surface area (Å²) in [4.78, 5) is 10.7. The molecule has 0 atom stereocenters. The summed E-state index contributed by atoms with van der Waals surface area (Å²) in [6, 6.07) is 11.1. The standard InChI is InChI=1S/C18H23N3O4S/c1-12(2)14-5-7-15(8-6-14)19-17-10-9-16(11-18(17)21(22)23)26(24,25)20-13(3)4/h5-13,19-20H,1-4H3. The predicted octanol–water partition coefficient (Wildman–Crippen LogP) is 4.15. The zero-order valence-corrected chi connectivity index (χ0v) is 16.0. The molecule has 2 aromatic rings. The van der Waals surface area contributed by atoms with Crippen LogP contribution in [0.2, 0.25) is 0 Å². The maximum absolute atomic E-state index is 12.2. The Morgan fingerprint density at radius 1 is 1.00 bits per heavy atom. The third kappa shape index (κ3) is 4.80. The summed E-state index contributed by atoms with van der Waals surface area (Å²) in [5, 5.41) is 14.4. The van der Waals surface area contributed by atoms with Gasteiger partial charge < -0.3 is 5.32 Å². The van der Waals surface area contributed by atoms with Gasteiger partial charge in [0.2, 0.25) is 10.0 Å². The number of nitrogens with zero attached hydrogens (tertiary/aromatic N) is 1. The molecule has 0 fully saturated rings. The number of hydrogen-bond acceptors (Lipinski definition) is 5. The minimum Gasteiger partial charge on any atom is -0.350 e. The van der Waals surface area contributed by atoms with E-state index in [1.54, 1.807) is 13.8 Å². The Kier molecular flexibility index (Phi) is 5.99. The molecule has 0 saturated heterocycles. The molecule has 0 aromatic heterocycles. The highest BCUT2D eigenvalue weighted by Crippen LogP contribution is 2.30. The first-order valence-corrected chi connectivity index (χ1v) is 9.76. The van der Waals surface area contributed by atoms with Crippen LogP contribution < -0.4 is 10.0 Å². The van der Waals surface area contributed by atoms with Crippen LogP contribution >= 0.6 is 0 Å². The first-order chi connectivity index (χ1) is 12.1. The van der Waals surface area contributed by atoms with Gasteiger partial charge in [-0.2, -0.15) is 0 Å². The van der Waals surface area contributed by atoms with E-state index >= 15 is 0 Å². The average molecular weight is 377 g/mol. The second kappa shape index (κ2) is 7.84. The monoisotopic (exact) mass is 377 g/mol. The molecular formula is C18H23N3O4S. The van der Waals surface area contributed by atoms with Crippen LogP contribution in [-0.2, 0) is 10.0 Å². The van der Waals surface area contributed by atoms with Crippen molar-refractivity contribution in [1.29, 1.82) is 0 Å². The average Bonchev–Trinajstić information content (AvgIpc) is 2.54. The van der Waals surface area contributed by atoms with Crippen molar-refractivity contribution in [2.24, 2.45) is 0 Å². The van der Waals surface area contributed by atoms with Crippen LogP contribution in [-0.4, -0.2) is 19.4 Å². The lowest BCUT2D eigenvalue weighted by atomic mass is 10.0. The summed E-state index contributed by atoms with van der Waals surface area (Å²) in [6.07, 6.45) is 0. The lowest BCUT2D eigenvalue weighted by Gasteiger charge is -2.12. The number of benzene rings is 2. The molecule has 8 heteroatoms. The molecule has 0 aliphatic heterocycles. The van der Waals surface area contributed by atoms with E-state index < -0.39 is 14.9 Å². The number of anilines is 2. The highest BCUT2D eigenvalue weighted by atomic mass is 32.2. The molecule has 2 rings (SSSR count). The van der Waals surface area contributed by atoms with E-state index in [0.29, 0.717) is 11.6 Å². The number of nitro groups is 1. The van der Waals surface area contributed by atoms with Crippen molar-refractivity contribution in [2.75, 3.05) is 5.32 Å². The van der Waals surface area contributed by atoms with E-state index in [-0.39, 0.29) is 22.3 Å². The minimum absolute atomic E-state index is 0.140. The summed E-state index contributed by atoms with van der Waals surface area (Å²) in [7, 11) is -3.80. The lowest BCUT2D eigenvalue weighted by Crippen LogP contribution is -2.30. The maximum Gasteiger partial charge on any atom is 0.294 e. The van der Waals surface area contributed by atoms with Crippen molar-refractivity contribution in [3.05, 3.63) is 58.1 Å². The normalized spacial score (nSPS) is 11.8. The number of sulfonamides is 1. The number of hydrogen-bond donors (Lipinski definition) is 2. The smallest absolute Gasteiger partial charge is 0.294 e. The van der Waals surface area contributed by atoms with E-state index in [2.05, 4.69) is 23.9 Å². The molecule has 0 amide bonds. The van der Waals surface area contributed by atoms with Gasteiger partial charge in [-0.3, -0.25) is 10.1 Å². The third-order valence-electron chi connectivity index (χ3n) is 3.72. The van der Waals surface area contributed by atoms with Crippen molar-refractivity contribution >= 4 is 27.1 Å². The van der Waals surface area contributed by atoms with E-state index in [1.165, 1.54) is 12.1 Å². The topological polar surface area (TPSA) is 101 Å². The second-order valence-corrected chi connectivity index (χ2v) is 8.33. The second-order valence-electron chi connectivity index (χ2n) is 6.61. The van der Waals surface area contributed by atoms with Gasteiger partial charge in [-0.05, 0) is 49.6 Å². The highest BCUT2D eigenvalue weighted by molar-refractivity contribution is 7.89. The van der Waals surface area contributed by atoms with Gasteiger partial charge in [-0.15, -0.1) is 0 Å². The highest BCUT2D eigenvalue weighted by Gasteiger charge is 2.22. The fourth-order valence-electron chi connectivity index (χ4n) is 2.42. The summed E-state index contributed by atoms with van der Waals surface area (Å²) in [6.45, 7) is 7.53. The zero-order chi connectivity index (χ0) is 19.5. The molecule has 2 N–H and O–H groups in total. The fourth-order valence-corrected chi connectivity index (χ4v) is 3.69. The molecule has 140 valence electrons. The van der Waals surface area contributed by atoms with E-state index in [4.69, 9.17) is 0 Å². The van der Waals surface area contributed by atoms with Crippen molar-refractivity contribution in [1.82, 2.24) is 4.72 Å². The van der Waals surface area contributed by atoms with E-state index in [9.17, 15) is 18.5 Å². The van der Waals surface area contributed by atoms with Crippen LogP contribution in [0.15, 0.2) is 47.4 Å². The third-order valence-corrected chi connectivity index (χ3v) is 5.38. The molecule has 0 aliphatic rings. The van der Waals surface area contributed by atoms with Crippen molar-refractivity contribution < 1.29 is 13.3 Å². The molecule has 0 radical (unpaired) electrons. The first kappa shape index (κ1) is 19.9. The van der Waals surface area contributed by atoms with Gasteiger partial charge in [0, 0.05) is 17.8 Å². The minimum atomic E-state index is -3.80. The molecule has 2 aromatic carbocycles. The van der Waals surface area contributed by atoms with Gasteiger partial charge in [-0.25, -0.2) is 13.1 Å². The lowest BCUT2D eigenvalue weighted by molar-refractivity contribution is -0.384. The summed E-state index contributed by atoms with van der Waals surface area (Å²) < 4.78 is 26.9. The Bertz CT molecular complexity index is 891. The molecule has 7 nitrogen and oxygen atoms in total. The van der Waals surface area contributed by atoms with Crippen LogP contribution in [0.4, 0.5) is 17.1 Å². The fraction of sp³-hybridized carbons (Fsp3) is 0.333. The van der Waals surface area contributed by atoms with Gasteiger partial charge in [-0.1, -0.05) is 26.0 Å². The number of nitro benzene ring substituents is 1. The Labute approximate surface area is 153 Å². The zero-order valence-electron chi connectivity index (χ0n) is 15.2. The summed E-state index contributed by atoms with van der Waals surface area (Å²) in [5.74, 6) is 0.385.